The second-order valence-corrected chi connectivity index (χ2v) is 3.48. The van der Waals surface area contributed by atoms with E-state index in [-0.39, 0.29) is 24.5 Å². The van der Waals surface area contributed by atoms with Crippen LogP contribution in [0.5, 0.6) is 5.75 Å². The molecule has 5 nitrogen and oxygen atoms in total. The van der Waals surface area contributed by atoms with Crippen molar-refractivity contribution in [1.29, 1.82) is 5.26 Å². The summed E-state index contributed by atoms with van der Waals surface area (Å²) < 4.78 is 43.2. The van der Waals surface area contributed by atoms with E-state index in [1.165, 1.54) is 6.07 Å². The van der Waals surface area contributed by atoms with Crippen molar-refractivity contribution in [2.24, 2.45) is 5.11 Å². The van der Waals surface area contributed by atoms with E-state index in [4.69, 9.17) is 15.5 Å². The topological polar surface area (TPSA) is 81.8 Å². The van der Waals surface area contributed by atoms with Crippen molar-refractivity contribution in [2.75, 3.05) is 13.2 Å². The number of hydrogen-bond acceptors (Lipinski definition) is 3. The number of nitrogens with zero attached hydrogens (tertiary/aromatic N) is 4. The SMILES string of the molecule is N#Cc1ccc(OCCCN=[N+]=[N-])c(C(F)(F)F)c1. The van der Waals surface area contributed by atoms with Crippen LogP contribution in [-0.4, -0.2) is 13.2 Å². The van der Waals surface area contributed by atoms with Crippen molar-refractivity contribution in [3.05, 3.63) is 39.8 Å². The number of azide groups is 1. The zero-order valence-electron chi connectivity index (χ0n) is 9.68. The zero-order chi connectivity index (χ0) is 14.3. The molecule has 0 fully saturated rings. The molecule has 1 rings (SSSR count). The van der Waals surface area contributed by atoms with E-state index >= 15 is 0 Å². The van der Waals surface area contributed by atoms with Crippen molar-refractivity contribution in [3.63, 3.8) is 0 Å². The van der Waals surface area contributed by atoms with Crippen LogP contribution in [0.3, 0.4) is 0 Å². The molecule has 0 aliphatic carbocycles. The fourth-order valence-electron chi connectivity index (χ4n) is 1.31. The van der Waals surface area contributed by atoms with Crippen LogP contribution in [0.4, 0.5) is 13.2 Å². The number of alkyl halides is 3. The maximum absolute atomic E-state index is 12.7. The molecule has 0 unspecified atom stereocenters. The van der Waals surface area contributed by atoms with E-state index in [1.54, 1.807) is 6.07 Å². The van der Waals surface area contributed by atoms with Gasteiger partial charge in [-0.2, -0.15) is 18.4 Å². The number of rotatable bonds is 5. The maximum atomic E-state index is 12.7. The normalized spacial score (nSPS) is 10.4. The van der Waals surface area contributed by atoms with Gasteiger partial charge < -0.3 is 4.74 Å². The second-order valence-electron chi connectivity index (χ2n) is 3.48. The molecule has 0 bridgehead atoms. The Balaban J connectivity index is 2.82. The Bertz CT molecular complexity index is 530. The minimum Gasteiger partial charge on any atom is -0.493 e. The fraction of sp³-hybridized carbons (Fsp3) is 0.364. The first kappa shape index (κ1) is 14.7. The third-order valence-electron chi connectivity index (χ3n) is 2.14. The third kappa shape index (κ3) is 4.41. The average molecular weight is 270 g/mol. The minimum atomic E-state index is -4.59. The van der Waals surface area contributed by atoms with Gasteiger partial charge in [0.15, 0.2) is 0 Å². The van der Waals surface area contributed by atoms with Gasteiger partial charge in [0.05, 0.1) is 23.8 Å². The van der Waals surface area contributed by atoms with Gasteiger partial charge >= 0.3 is 6.18 Å². The summed E-state index contributed by atoms with van der Waals surface area (Å²) in [6.07, 6.45) is -4.28. The van der Waals surface area contributed by atoms with Crippen LogP contribution in [0.1, 0.15) is 17.5 Å². The van der Waals surface area contributed by atoms with Crippen molar-refractivity contribution in [3.8, 4) is 11.8 Å². The highest BCUT2D eigenvalue weighted by molar-refractivity contribution is 5.43. The molecule has 1 aromatic rings. The molecule has 0 saturated heterocycles. The second kappa shape index (κ2) is 6.52. The van der Waals surface area contributed by atoms with Gasteiger partial charge in [0, 0.05) is 11.5 Å². The highest BCUT2D eigenvalue weighted by Crippen LogP contribution is 2.36. The lowest BCUT2D eigenvalue weighted by atomic mass is 10.1. The van der Waals surface area contributed by atoms with Crippen LogP contribution in [-0.2, 0) is 6.18 Å². The summed E-state index contributed by atoms with van der Waals surface area (Å²) >= 11 is 0. The molecule has 0 aliphatic rings. The van der Waals surface area contributed by atoms with Crippen molar-refractivity contribution >= 4 is 0 Å². The Morgan fingerprint density at radius 1 is 1.42 bits per heavy atom. The summed E-state index contributed by atoms with van der Waals surface area (Å²) in [5, 5.41) is 11.8. The van der Waals surface area contributed by atoms with E-state index < -0.39 is 11.7 Å². The van der Waals surface area contributed by atoms with E-state index in [2.05, 4.69) is 10.0 Å². The number of nitriles is 1. The van der Waals surface area contributed by atoms with Crippen molar-refractivity contribution in [2.45, 2.75) is 12.6 Å². The maximum Gasteiger partial charge on any atom is 0.420 e. The highest BCUT2D eigenvalue weighted by atomic mass is 19.4. The van der Waals surface area contributed by atoms with Crippen LogP contribution in [0, 0.1) is 11.3 Å². The Morgan fingerprint density at radius 2 is 2.16 bits per heavy atom. The van der Waals surface area contributed by atoms with Crippen molar-refractivity contribution < 1.29 is 17.9 Å². The average Bonchev–Trinajstić information content (AvgIpc) is 2.37. The highest BCUT2D eigenvalue weighted by Gasteiger charge is 2.34. The molecule has 0 saturated carbocycles. The summed E-state index contributed by atoms with van der Waals surface area (Å²) in [5.74, 6) is -0.340. The van der Waals surface area contributed by atoms with Gasteiger partial charge in [-0.05, 0) is 30.2 Å². The van der Waals surface area contributed by atoms with Crippen LogP contribution in [0.2, 0.25) is 0 Å². The Morgan fingerprint density at radius 3 is 2.74 bits per heavy atom. The molecular formula is C11H9F3N4O. The smallest absolute Gasteiger partial charge is 0.420 e. The standard InChI is InChI=1S/C11H9F3N4O/c12-11(13,14)9-6-8(7-15)2-3-10(9)19-5-1-4-17-18-16/h2-3,6H,1,4-5H2. The molecule has 0 amide bonds. The number of halogens is 3. The largest absolute Gasteiger partial charge is 0.493 e. The summed E-state index contributed by atoms with van der Waals surface area (Å²) in [7, 11) is 0. The summed E-state index contributed by atoms with van der Waals surface area (Å²) in [4.78, 5) is 2.51. The van der Waals surface area contributed by atoms with Gasteiger partial charge in [-0.25, -0.2) is 0 Å². The van der Waals surface area contributed by atoms with Gasteiger partial charge in [0.2, 0.25) is 0 Å². The fourth-order valence-corrected chi connectivity index (χ4v) is 1.31. The lowest BCUT2D eigenvalue weighted by Gasteiger charge is -2.13. The Kier molecular flexibility index (Phi) is 5.03. The number of hydrogen-bond donors (Lipinski definition) is 0. The third-order valence-corrected chi connectivity index (χ3v) is 2.14. The number of ether oxygens (including phenoxy) is 1. The zero-order valence-corrected chi connectivity index (χ0v) is 9.68. The molecule has 8 heteroatoms. The van der Waals surface area contributed by atoms with Crippen molar-refractivity contribution in [1.82, 2.24) is 0 Å². The lowest BCUT2D eigenvalue weighted by Crippen LogP contribution is -2.10. The molecule has 100 valence electrons. The monoisotopic (exact) mass is 270 g/mol. The van der Waals surface area contributed by atoms with Gasteiger partial charge in [0.1, 0.15) is 5.75 Å². The molecule has 0 atom stereocenters. The molecular weight excluding hydrogens is 261 g/mol. The van der Waals surface area contributed by atoms with Crippen LogP contribution in [0.25, 0.3) is 10.4 Å². The van der Waals surface area contributed by atoms with Gasteiger partial charge in [-0.3, -0.25) is 0 Å². The molecule has 0 N–H and O–H groups in total. The van der Waals surface area contributed by atoms with Gasteiger partial charge in [0.25, 0.3) is 0 Å². The van der Waals surface area contributed by atoms with Crippen LogP contribution < -0.4 is 4.74 Å². The van der Waals surface area contributed by atoms with Crippen LogP contribution >= 0.6 is 0 Å². The molecule has 0 spiro atoms. The lowest BCUT2D eigenvalue weighted by molar-refractivity contribution is -0.139. The van der Waals surface area contributed by atoms with Gasteiger partial charge in [-0.15, -0.1) is 0 Å². The predicted octanol–water partition coefficient (Wildman–Crippen LogP) is 3.66. The molecule has 0 radical (unpaired) electrons. The first-order valence-corrected chi connectivity index (χ1v) is 5.24. The van der Waals surface area contributed by atoms with E-state index in [1.807, 2.05) is 0 Å². The van der Waals surface area contributed by atoms with E-state index in [0.717, 1.165) is 12.1 Å². The number of benzene rings is 1. The predicted molar refractivity (Wildman–Crippen MR) is 60.3 cm³/mol. The molecule has 19 heavy (non-hydrogen) atoms. The van der Waals surface area contributed by atoms with Gasteiger partial charge in [-0.1, -0.05) is 5.11 Å². The van der Waals surface area contributed by atoms with E-state index in [0.29, 0.717) is 6.42 Å². The molecule has 0 aliphatic heterocycles. The van der Waals surface area contributed by atoms with Crippen LogP contribution in [0.15, 0.2) is 23.3 Å². The molecule has 0 aromatic heterocycles. The Labute approximate surface area is 106 Å². The molecule has 0 heterocycles. The summed E-state index contributed by atoms with van der Waals surface area (Å²) in [5.41, 5.74) is 6.95. The summed E-state index contributed by atoms with van der Waals surface area (Å²) in [6, 6.07) is 4.73. The molecule has 1 aromatic carbocycles. The minimum absolute atomic E-state index is 0.00595. The first-order valence-electron chi connectivity index (χ1n) is 5.24. The summed E-state index contributed by atoms with van der Waals surface area (Å²) in [6.45, 7) is 0.141. The van der Waals surface area contributed by atoms with E-state index in [9.17, 15) is 13.2 Å². The Hall–Kier alpha value is -2.39. The quantitative estimate of drug-likeness (QED) is 0.354. The first-order chi connectivity index (χ1) is 8.99.